The van der Waals surface area contributed by atoms with E-state index in [0.717, 1.165) is 19.6 Å². The summed E-state index contributed by atoms with van der Waals surface area (Å²) in [6.07, 6.45) is 2.78. The van der Waals surface area contributed by atoms with Crippen LogP contribution >= 0.6 is 7.92 Å². The standard InChI is InChI=1S/C17H21OP.C5H10O/c1-3-17(18-4-2)19(15-11-7-5-8-12-15)16-13-9-6-10-14-16;1-3-5-6-4-2/h5-14,17H,3-4H2,1-2H3;3H,1,4-5H2,2H3. The van der Waals surface area contributed by atoms with Gasteiger partial charge in [0.25, 0.3) is 0 Å². The van der Waals surface area contributed by atoms with E-state index in [-0.39, 0.29) is 0 Å². The lowest BCUT2D eigenvalue weighted by Crippen LogP contribution is -2.23. The van der Waals surface area contributed by atoms with Crippen LogP contribution in [-0.2, 0) is 9.47 Å². The summed E-state index contributed by atoms with van der Waals surface area (Å²) >= 11 is 0. The van der Waals surface area contributed by atoms with Crippen molar-refractivity contribution in [2.24, 2.45) is 0 Å². The van der Waals surface area contributed by atoms with E-state index in [2.05, 4.69) is 81.1 Å². The molecule has 0 bridgehead atoms. The van der Waals surface area contributed by atoms with Crippen molar-refractivity contribution in [3.05, 3.63) is 73.3 Å². The molecule has 0 saturated heterocycles. The van der Waals surface area contributed by atoms with Gasteiger partial charge in [-0.2, -0.15) is 0 Å². The molecule has 0 aliphatic carbocycles. The third kappa shape index (κ3) is 7.96. The fourth-order valence-corrected chi connectivity index (χ4v) is 5.04. The molecule has 0 heterocycles. The minimum Gasteiger partial charge on any atom is -0.378 e. The molecular weight excluding hydrogens is 327 g/mol. The molecule has 0 N–H and O–H groups in total. The van der Waals surface area contributed by atoms with Crippen molar-refractivity contribution in [1.29, 1.82) is 0 Å². The molecule has 0 saturated carbocycles. The Balaban J connectivity index is 0.000000450. The Labute approximate surface area is 154 Å². The van der Waals surface area contributed by atoms with Gasteiger partial charge in [-0.05, 0) is 38.8 Å². The van der Waals surface area contributed by atoms with Crippen molar-refractivity contribution < 1.29 is 9.47 Å². The molecule has 0 spiro atoms. The summed E-state index contributed by atoms with van der Waals surface area (Å²) in [5.41, 5.74) is 0. The Kier molecular flexibility index (Phi) is 11.9. The minimum atomic E-state index is -0.443. The first kappa shape index (κ1) is 21.6. The van der Waals surface area contributed by atoms with E-state index in [4.69, 9.17) is 9.47 Å². The quantitative estimate of drug-likeness (QED) is 0.353. The van der Waals surface area contributed by atoms with Crippen molar-refractivity contribution in [3.63, 3.8) is 0 Å². The number of benzene rings is 2. The first-order valence-corrected chi connectivity index (χ1v) is 10.4. The average molecular weight is 358 g/mol. The molecule has 0 radical (unpaired) electrons. The van der Waals surface area contributed by atoms with Crippen LogP contribution in [0, 0.1) is 0 Å². The van der Waals surface area contributed by atoms with Gasteiger partial charge in [0.1, 0.15) is 0 Å². The molecule has 25 heavy (non-hydrogen) atoms. The summed E-state index contributed by atoms with van der Waals surface area (Å²) < 4.78 is 10.9. The zero-order valence-corrected chi connectivity index (χ0v) is 16.6. The summed E-state index contributed by atoms with van der Waals surface area (Å²) in [7, 11) is -0.443. The van der Waals surface area contributed by atoms with E-state index in [0.29, 0.717) is 12.5 Å². The highest BCUT2D eigenvalue weighted by Crippen LogP contribution is 2.41. The number of hydrogen-bond acceptors (Lipinski definition) is 2. The van der Waals surface area contributed by atoms with Crippen LogP contribution in [-0.4, -0.2) is 25.7 Å². The predicted molar refractivity (Wildman–Crippen MR) is 111 cm³/mol. The van der Waals surface area contributed by atoms with Crippen LogP contribution in [0.15, 0.2) is 73.3 Å². The van der Waals surface area contributed by atoms with E-state index in [1.54, 1.807) is 6.08 Å². The fourth-order valence-electron chi connectivity index (χ4n) is 2.43. The third-order valence-electron chi connectivity index (χ3n) is 3.50. The second kappa shape index (κ2) is 13.8. The van der Waals surface area contributed by atoms with Gasteiger partial charge in [-0.15, -0.1) is 6.58 Å². The SMILES string of the molecule is C=CCOCC.CCOC(CC)P(c1ccccc1)c1ccccc1. The molecule has 3 heteroatoms. The van der Waals surface area contributed by atoms with Crippen LogP contribution < -0.4 is 10.6 Å². The van der Waals surface area contributed by atoms with Gasteiger partial charge >= 0.3 is 0 Å². The van der Waals surface area contributed by atoms with Crippen LogP contribution in [0.1, 0.15) is 27.2 Å². The maximum Gasteiger partial charge on any atom is 0.0845 e. The van der Waals surface area contributed by atoms with Crippen molar-refractivity contribution in [2.75, 3.05) is 19.8 Å². The van der Waals surface area contributed by atoms with E-state index in [9.17, 15) is 0 Å². The highest BCUT2D eigenvalue weighted by Gasteiger charge is 2.23. The summed E-state index contributed by atoms with van der Waals surface area (Å²) in [5.74, 6) is 0.296. The second-order valence-corrected chi connectivity index (χ2v) is 7.66. The van der Waals surface area contributed by atoms with E-state index < -0.39 is 7.92 Å². The van der Waals surface area contributed by atoms with Crippen LogP contribution in [0.25, 0.3) is 0 Å². The molecule has 0 amide bonds. The van der Waals surface area contributed by atoms with Crippen molar-refractivity contribution in [1.82, 2.24) is 0 Å². The molecule has 0 fully saturated rings. The first-order chi connectivity index (χ1) is 12.3. The van der Waals surface area contributed by atoms with Gasteiger partial charge in [-0.1, -0.05) is 73.7 Å². The zero-order valence-electron chi connectivity index (χ0n) is 15.7. The van der Waals surface area contributed by atoms with Gasteiger partial charge in [0.15, 0.2) is 0 Å². The summed E-state index contributed by atoms with van der Waals surface area (Å²) in [6, 6.07) is 21.5. The lowest BCUT2D eigenvalue weighted by molar-refractivity contribution is 0.119. The minimum absolute atomic E-state index is 0.296. The van der Waals surface area contributed by atoms with Gasteiger partial charge in [0, 0.05) is 13.2 Å². The van der Waals surface area contributed by atoms with Gasteiger partial charge in [0.05, 0.1) is 12.5 Å². The Hall–Kier alpha value is -1.47. The van der Waals surface area contributed by atoms with E-state index in [1.165, 1.54) is 10.6 Å². The molecule has 0 aromatic heterocycles. The highest BCUT2D eigenvalue weighted by molar-refractivity contribution is 7.73. The molecule has 136 valence electrons. The first-order valence-electron chi connectivity index (χ1n) is 8.97. The maximum absolute atomic E-state index is 5.99. The number of ether oxygens (including phenoxy) is 2. The molecule has 2 nitrogen and oxygen atoms in total. The number of hydrogen-bond donors (Lipinski definition) is 0. The summed E-state index contributed by atoms with van der Waals surface area (Å²) in [5, 5.41) is 2.79. The van der Waals surface area contributed by atoms with Crippen molar-refractivity contribution in [3.8, 4) is 0 Å². The van der Waals surface area contributed by atoms with Crippen molar-refractivity contribution in [2.45, 2.75) is 33.0 Å². The topological polar surface area (TPSA) is 18.5 Å². The highest BCUT2D eigenvalue weighted by atomic mass is 31.1. The van der Waals surface area contributed by atoms with Gasteiger partial charge in [0.2, 0.25) is 0 Å². The van der Waals surface area contributed by atoms with Gasteiger partial charge in [-0.3, -0.25) is 0 Å². The fraction of sp³-hybridized carbons (Fsp3) is 0.364. The molecule has 1 atom stereocenters. The van der Waals surface area contributed by atoms with Crippen molar-refractivity contribution >= 4 is 18.5 Å². The predicted octanol–water partition coefficient (Wildman–Crippen LogP) is 5.10. The third-order valence-corrected chi connectivity index (χ3v) is 6.30. The maximum atomic E-state index is 5.99. The van der Waals surface area contributed by atoms with E-state index >= 15 is 0 Å². The van der Waals surface area contributed by atoms with Crippen LogP contribution in [0.4, 0.5) is 0 Å². The summed E-state index contributed by atoms with van der Waals surface area (Å²) in [4.78, 5) is 0. The van der Waals surface area contributed by atoms with Crippen LogP contribution in [0.5, 0.6) is 0 Å². The second-order valence-electron chi connectivity index (χ2n) is 5.31. The van der Waals surface area contributed by atoms with Crippen LogP contribution in [0.2, 0.25) is 0 Å². The van der Waals surface area contributed by atoms with Gasteiger partial charge < -0.3 is 9.47 Å². The Morgan fingerprint density at radius 3 is 1.72 bits per heavy atom. The smallest absolute Gasteiger partial charge is 0.0845 e. The molecule has 1 unspecified atom stereocenters. The molecule has 2 aromatic carbocycles. The zero-order chi connectivity index (χ0) is 18.3. The monoisotopic (exact) mass is 358 g/mol. The molecule has 2 rings (SSSR count). The normalized spacial score (nSPS) is 11.5. The molecule has 0 aliphatic heterocycles. The Morgan fingerprint density at radius 1 is 0.880 bits per heavy atom. The Morgan fingerprint density at radius 2 is 1.40 bits per heavy atom. The molecule has 2 aromatic rings. The Bertz CT molecular complexity index is 517. The lowest BCUT2D eigenvalue weighted by Gasteiger charge is -2.27. The number of rotatable bonds is 9. The van der Waals surface area contributed by atoms with Crippen LogP contribution in [0.3, 0.4) is 0 Å². The molecular formula is C22H31O2P. The van der Waals surface area contributed by atoms with Gasteiger partial charge in [-0.25, -0.2) is 0 Å². The average Bonchev–Trinajstić information content (AvgIpc) is 2.68. The lowest BCUT2D eigenvalue weighted by atomic mass is 10.4. The van der Waals surface area contributed by atoms with E-state index in [1.807, 2.05) is 6.92 Å². The summed E-state index contributed by atoms with van der Waals surface area (Å²) in [6.45, 7) is 12.0. The largest absolute Gasteiger partial charge is 0.378 e. The molecule has 0 aliphatic rings.